The molecule has 0 saturated heterocycles. The molecule has 2 aromatic carbocycles. The molecule has 1 nitrogen and oxygen atoms in total. The largest absolute Gasteiger partial charge is 0.544 e. The number of benzene rings is 2. The molecule has 22 heavy (non-hydrogen) atoms. The van der Waals surface area contributed by atoms with Crippen molar-refractivity contribution in [1.82, 2.24) is 0 Å². The van der Waals surface area contributed by atoms with E-state index in [0.717, 1.165) is 12.2 Å². The predicted octanol–water partition coefficient (Wildman–Crippen LogP) is 6.07. The van der Waals surface area contributed by atoms with Crippen molar-refractivity contribution in [2.45, 2.75) is 38.9 Å². The van der Waals surface area contributed by atoms with Crippen LogP contribution >= 0.6 is 0 Å². The van der Waals surface area contributed by atoms with Gasteiger partial charge in [0.15, 0.2) is 0 Å². The van der Waals surface area contributed by atoms with Crippen LogP contribution in [0.2, 0.25) is 19.6 Å². The van der Waals surface area contributed by atoms with E-state index >= 15 is 0 Å². The van der Waals surface area contributed by atoms with Gasteiger partial charge in [0.25, 0.3) is 0 Å². The lowest BCUT2D eigenvalue weighted by Gasteiger charge is -2.24. The molecule has 0 heterocycles. The zero-order valence-electron chi connectivity index (χ0n) is 14.0. The number of rotatable bonds is 6. The summed E-state index contributed by atoms with van der Waals surface area (Å²) in [5.74, 6) is 1.41. The van der Waals surface area contributed by atoms with Crippen LogP contribution in [0, 0.1) is 0 Å². The molecular formula is C20H26OSi. The van der Waals surface area contributed by atoms with Crippen LogP contribution in [0.25, 0.3) is 5.76 Å². The highest BCUT2D eigenvalue weighted by atomic mass is 28.4. The van der Waals surface area contributed by atoms with Gasteiger partial charge in [-0.05, 0) is 37.7 Å². The number of hydrogen-bond donors (Lipinski definition) is 0. The van der Waals surface area contributed by atoms with Gasteiger partial charge in [0.2, 0.25) is 8.32 Å². The fourth-order valence-electron chi connectivity index (χ4n) is 2.45. The SMILES string of the molecule is CCC(/C=C(\O[Si](C)(C)C)c1ccccc1)c1ccccc1. The summed E-state index contributed by atoms with van der Waals surface area (Å²) < 4.78 is 6.38. The quantitative estimate of drug-likeness (QED) is 0.464. The van der Waals surface area contributed by atoms with E-state index in [9.17, 15) is 0 Å². The molecule has 116 valence electrons. The first-order valence-electron chi connectivity index (χ1n) is 8.01. The Labute approximate surface area is 135 Å². The molecule has 0 radical (unpaired) electrons. The van der Waals surface area contributed by atoms with Gasteiger partial charge in [0, 0.05) is 11.5 Å². The molecule has 0 aliphatic heterocycles. The van der Waals surface area contributed by atoms with Crippen molar-refractivity contribution in [2.75, 3.05) is 0 Å². The van der Waals surface area contributed by atoms with E-state index in [4.69, 9.17) is 4.43 Å². The molecule has 2 rings (SSSR count). The van der Waals surface area contributed by atoms with Crippen molar-refractivity contribution in [3.05, 3.63) is 77.9 Å². The third-order valence-corrected chi connectivity index (χ3v) is 4.33. The maximum atomic E-state index is 6.38. The van der Waals surface area contributed by atoms with Gasteiger partial charge in [0.1, 0.15) is 5.76 Å². The van der Waals surface area contributed by atoms with Gasteiger partial charge < -0.3 is 4.43 Å². The lowest BCUT2D eigenvalue weighted by atomic mass is 9.95. The Hall–Kier alpha value is -1.80. The van der Waals surface area contributed by atoms with Crippen LogP contribution in [0.5, 0.6) is 0 Å². The Balaban J connectivity index is 2.38. The van der Waals surface area contributed by atoms with Crippen LogP contribution < -0.4 is 0 Å². The van der Waals surface area contributed by atoms with Gasteiger partial charge in [-0.1, -0.05) is 67.6 Å². The van der Waals surface area contributed by atoms with Gasteiger partial charge >= 0.3 is 0 Å². The highest BCUT2D eigenvalue weighted by molar-refractivity contribution is 6.70. The number of hydrogen-bond acceptors (Lipinski definition) is 1. The van der Waals surface area contributed by atoms with Crippen LogP contribution in [-0.4, -0.2) is 8.32 Å². The summed E-state index contributed by atoms with van der Waals surface area (Å²) in [5.41, 5.74) is 2.51. The lowest BCUT2D eigenvalue weighted by molar-refractivity contribution is 0.510. The molecule has 0 saturated carbocycles. The van der Waals surface area contributed by atoms with Crippen LogP contribution in [0.4, 0.5) is 0 Å². The van der Waals surface area contributed by atoms with E-state index in [2.05, 4.69) is 87.2 Å². The topological polar surface area (TPSA) is 9.23 Å². The molecule has 0 spiro atoms. The van der Waals surface area contributed by atoms with E-state index < -0.39 is 8.32 Å². The van der Waals surface area contributed by atoms with E-state index in [1.165, 1.54) is 11.1 Å². The van der Waals surface area contributed by atoms with E-state index in [1.54, 1.807) is 0 Å². The molecule has 0 aliphatic carbocycles. The molecular weight excluding hydrogens is 284 g/mol. The van der Waals surface area contributed by atoms with Crippen LogP contribution in [-0.2, 0) is 4.43 Å². The maximum Gasteiger partial charge on any atom is 0.242 e. The predicted molar refractivity (Wildman–Crippen MR) is 98.3 cm³/mol. The average Bonchev–Trinajstić information content (AvgIpc) is 2.52. The summed E-state index contributed by atoms with van der Waals surface area (Å²) in [4.78, 5) is 0. The minimum Gasteiger partial charge on any atom is -0.544 e. The third kappa shape index (κ3) is 4.88. The average molecular weight is 311 g/mol. The summed E-state index contributed by atoms with van der Waals surface area (Å²) in [5, 5.41) is 0. The van der Waals surface area contributed by atoms with Crippen molar-refractivity contribution in [3.63, 3.8) is 0 Å². The first-order valence-corrected chi connectivity index (χ1v) is 11.4. The Kier molecular flexibility index (Phi) is 5.61. The molecule has 1 unspecified atom stereocenters. The summed E-state index contributed by atoms with van der Waals surface area (Å²) in [7, 11) is -1.65. The van der Waals surface area contributed by atoms with Gasteiger partial charge in [-0.25, -0.2) is 0 Å². The molecule has 2 heteroatoms. The summed E-state index contributed by atoms with van der Waals surface area (Å²) in [6.07, 6.45) is 3.36. The van der Waals surface area contributed by atoms with Crippen LogP contribution in [0.1, 0.15) is 30.4 Å². The standard InChI is InChI=1S/C20H26OSi/c1-5-17(18-12-8-6-9-13-18)16-20(21-22(2,3)4)19-14-10-7-11-15-19/h6-17H,5H2,1-4H3/b20-16-. The normalized spacial score (nSPS) is 13.7. The third-order valence-electron chi connectivity index (χ3n) is 3.49. The Morgan fingerprint density at radius 1 is 0.955 bits per heavy atom. The first kappa shape index (κ1) is 16.6. The van der Waals surface area contributed by atoms with E-state index in [-0.39, 0.29) is 0 Å². The fourth-order valence-corrected chi connectivity index (χ4v) is 3.30. The summed E-state index contributed by atoms with van der Waals surface area (Å²) >= 11 is 0. The summed E-state index contributed by atoms with van der Waals surface area (Å²) in [6, 6.07) is 21.1. The van der Waals surface area contributed by atoms with E-state index in [1.807, 2.05) is 6.07 Å². The monoisotopic (exact) mass is 310 g/mol. The van der Waals surface area contributed by atoms with Gasteiger partial charge in [-0.15, -0.1) is 0 Å². The minimum absolute atomic E-state index is 0.382. The minimum atomic E-state index is -1.65. The van der Waals surface area contributed by atoms with Crippen LogP contribution in [0.3, 0.4) is 0 Å². The second kappa shape index (κ2) is 7.46. The Bertz CT molecular complexity index is 597. The second-order valence-electron chi connectivity index (χ2n) is 6.54. The van der Waals surface area contributed by atoms with Gasteiger partial charge in [-0.2, -0.15) is 0 Å². The van der Waals surface area contributed by atoms with Gasteiger partial charge in [0.05, 0.1) is 0 Å². The van der Waals surface area contributed by atoms with Crippen molar-refractivity contribution in [1.29, 1.82) is 0 Å². The van der Waals surface area contributed by atoms with Crippen molar-refractivity contribution in [3.8, 4) is 0 Å². The van der Waals surface area contributed by atoms with Gasteiger partial charge in [-0.3, -0.25) is 0 Å². The number of allylic oxidation sites excluding steroid dienone is 1. The molecule has 0 N–H and O–H groups in total. The molecule has 0 bridgehead atoms. The lowest BCUT2D eigenvalue weighted by Crippen LogP contribution is -2.24. The Morgan fingerprint density at radius 3 is 2.00 bits per heavy atom. The molecule has 2 aromatic rings. The van der Waals surface area contributed by atoms with Crippen molar-refractivity contribution < 1.29 is 4.43 Å². The molecule has 1 atom stereocenters. The van der Waals surface area contributed by atoms with Crippen LogP contribution in [0.15, 0.2) is 66.7 Å². The first-order chi connectivity index (χ1) is 10.5. The summed E-state index contributed by atoms with van der Waals surface area (Å²) in [6.45, 7) is 8.92. The van der Waals surface area contributed by atoms with Crippen molar-refractivity contribution >= 4 is 14.1 Å². The molecule has 0 aromatic heterocycles. The van der Waals surface area contributed by atoms with Crippen molar-refractivity contribution in [2.24, 2.45) is 0 Å². The zero-order valence-corrected chi connectivity index (χ0v) is 15.0. The Morgan fingerprint density at radius 2 is 1.50 bits per heavy atom. The highest BCUT2D eigenvalue weighted by Gasteiger charge is 2.20. The zero-order chi connectivity index (χ0) is 16.0. The smallest absolute Gasteiger partial charge is 0.242 e. The second-order valence-corrected chi connectivity index (χ2v) is 11.0. The molecule has 0 amide bonds. The fraction of sp³-hybridized carbons (Fsp3) is 0.300. The molecule has 0 fully saturated rings. The maximum absolute atomic E-state index is 6.38. The molecule has 0 aliphatic rings. The van der Waals surface area contributed by atoms with E-state index in [0.29, 0.717) is 5.92 Å². The highest BCUT2D eigenvalue weighted by Crippen LogP contribution is 2.28.